The molecule has 47 heavy (non-hydrogen) atoms. The minimum Gasteiger partial charge on any atom is -0.396 e. The lowest BCUT2D eigenvalue weighted by molar-refractivity contribution is -0.0604. The van der Waals surface area contributed by atoms with Crippen molar-refractivity contribution < 1.29 is 51.2 Å². The number of halogens is 1. The first-order valence-electron chi connectivity index (χ1n) is 14.4. The van der Waals surface area contributed by atoms with Gasteiger partial charge in [0.05, 0.1) is 44.6 Å². The van der Waals surface area contributed by atoms with Crippen molar-refractivity contribution in [3.8, 4) is 0 Å². The van der Waals surface area contributed by atoms with E-state index in [2.05, 4.69) is 29.9 Å². The number of aliphatic hydroxyl groups excluding tert-OH is 1. The highest BCUT2D eigenvalue weighted by Crippen LogP contribution is 2.72. The third-order valence-electron chi connectivity index (χ3n) is 9.41. The first-order valence-corrected chi connectivity index (χ1v) is 17.4. The number of anilines is 1. The zero-order chi connectivity index (χ0) is 33.0. The molecule has 4 fully saturated rings. The molecular formula is C24H28FN9O11P2. The number of ether oxygens (including phenoxy) is 1. The van der Waals surface area contributed by atoms with Gasteiger partial charge in [0.2, 0.25) is 0 Å². The Morgan fingerprint density at radius 2 is 1.83 bits per heavy atom. The Bertz CT molecular complexity index is 2060. The summed E-state index contributed by atoms with van der Waals surface area (Å²) in [5, 5.41) is 10.3. The van der Waals surface area contributed by atoms with Gasteiger partial charge in [-0.25, -0.2) is 38.4 Å². The number of aryl methyl sites for hydroxylation is 1. The molecule has 2 bridgehead atoms. The summed E-state index contributed by atoms with van der Waals surface area (Å²) in [5.41, 5.74) is 4.42. The highest BCUT2D eigenvalue weighted by atomic mass is 31.2. The molecule has 252 valence electrons. The Kier molecular flexibility index (Phi) is 7.03. The second kappa shape index (κ2) is 10.6. The average molecular weight is 699 g/mol. The maximum absolute atomic E-state index is 16.3. The molecule has 2 saturated carbocycles. The van der Waals surface area contributed by atoms with Gasteiger partial charge in [0, 0.05) is 11.3 Å². The number of imidazole rings is 2. The number of nitrogens with two attached hydrogens (primary N) is 1. The van der Waals surface area contributed by atoms with Gasteiger partial charge in [-0.15, -0.1) is 0 Å². The largest absolute Gasteiger partial charge is 0.472 e. The predicted molar refractivity (Wildman–Crippen MR) is 153 cm³/mol. The smallest absolute Gasteiger partial charge is 0.396 e. The molecule has 2 unspecified atom stereocenters. The van der Waals surface area contributed by atoms with E-state index in [1.807, 2.05) is 0 Å². The van der Waals surface area contributed by atoms with Crippen molar-refractivity contribution in [3.63, 3.8) is 0 Å². The van der Waals surface area contributed by atoms with Crippen LogP contribution in [0.15, 0.2) is 23.8 Å². The highest BCUT2D eigenvalue weighted by Gasteiger charge is 2.75. The van der Waals surface area contributed by atoms with E-state index in [-0.39, 0.29) is 40.4 Å². The molecule has 11 atom stereocenters. The molecule has 4 aromatic rings. The van der Waals surface area contributed by atoms with Crippen LogP contribution in [0.1, 0.15) is 24.5 Å². The maximum Gasteiger partial charge on any atom is 0.472 e. The number of rotatable bonds is 3. The van der Waals surface area contributed by atoms with Gasteiger partial charge in [-0.3, -0.25) is 27.5 Å². The Morgan fingerprint density at radius 3 is 2.62 bits per heavy atom. The zero-order valence-electron chi connectivity index (χ0n) is 24.3. The molecule has 8 rings (SSSR count). The predicted octanol–water partition coefficient (Wildman–Crippen LogP) is 0.273. The molecule has 4 aliphatic rings. The molecule has 23 heteroatoms. The third kappa shape index (κ3) is 4.87. The number of nitrogens with zero attached hydrogens (tertiary/aromatic N) is 7. The SMILES string of the molecule is Cc1nc2c(ncn2[C@@H]2O[C@@H]3COP(=O)(O)O[C@H]4[C@@H](F)[C@H](n5cnc6c(N)ncnc65)[C@H]5C[C@@]54COP(=O)(O)O[C@@H]2[C@@H]3CO)c(=O)[nH]1. The van der Waals surface area contributed by atoms with Crippen LogP contribution in [0.25, 0.3) is 22.3 Å². The lowest BCUT2D eigenvalue weighted by Gasteiger charge is -2.29. The number of hydrogen-bond acceptors (Lipinski definition) is 15. The summed E-state index contributed by atoms with van der Waals surface area (Å²) in [7, 11) is -10.1. The topological polar surface area (TPSA) is 274 Å². The van der Waals surface area contributed by atoms with Crippen molar-refractivity contribution in [2.45, 2.75) is 50.1 Å². The van der Waals surface area contributed by atoms with E-state index < -0.39 is 95.0 Å². The molecule has 20 nitrogen and oxygen atoms in total. The van der Waals surface area contributed by atoms with E-state index >= 15 is 4.39 Å². The summed E-state index contributed by atoms with van der Waals surface area (Å²) in [6.07, 6.45) is -3.71. The number of nitrogens with one attached hydrogen (secondary N) is 1. The van der Waals surface area contributed by atoms with Gasteiger partial charge in [-0.05, 0) is 19.3 Å². The molecular weight excluding hydrogens is 671 g/mol. The van der Waals surface area contributed by atoms with E-state index in [9.17, 15) is 28.8 Å². The van der Waals surface area contributed by atoms with E-state index in [0.717, 1.165) is 0 Å². The van der Waals surface area contributed by atoms with Crippen LogP contribution in [0.5, 0.6) is 0 Å². The van der Waals surface area contributed by atoms with Crippen molar-refractivity contribution in [1.29, 1.82) is 0 Å². The minimum absolute atomic E-state index is 0.0432. The third-order valence-corrected chi connectivity index (χ3v) is 11.3. The number of aliphatic hydroxyl groups is 1. The molecule has 2 aliphatic carbocycles. The van der Waals surface area contributed by atoms with Crippen LogP contribution in [0.3, 0.4) is 0 Å². The summed E-state index contributed by atoms with van der Waals surface area (Å²) in [5.74, 6) is -1.44. The minimum atomic E-state index is -5.05. The number of hydrogen-bond donors (Lipinski definition) is 5. The van der Waals surface area contributed by atoms with Crippen molar-refractivity contribution in [2.24, 2.45) is 17.3 Å². The Balaban J connectivity index is 1.15. The fourth-order valence-corrected chi connectivity index (χ4v) is 9.21. The summed E-state index contributed by atoms with van der Waals surface area (Å²) in [6.45, 7) is -0.459. The lowest BCUT2D eigenvalue weighted by atomic mass is 9.99. The first-order chi connectivity index (χ1) is 22.3. The average Bonchev–Trinajstić information content (AvgIpc) is 3.30. The number of H-pyrrole nitrogens is 1. The van der Waals surface area contributed by atoms with Crippen LogP contribution in [0.2, 0.25) is 0 Å². The summed E-state index contributed by atoms with van der Waals surface area (Å²) >= 11 is 0. The normalized spacial score (nSPS) is 40.4. The van der Waals surface area contributed by atoms with Crippen LogP contribution in [0.4, 0.5) is 10.2 Å². The van der Waals surface area contributed by atoms with Crippen molar-refractivity contribution in [3.05, 3.63) is 35.2 Å². The quantitative estimate of drug-likeness (QED) is 0.180. The summed E-state index contributed by atoms with van der Waals surface area (Å²) < 4.78 is 73.8. The number of aromatic amines is 1. The molecule has 0 radical (unpaired) electrons. The van der Waals surface area contributed by atoms with E-state index in [1.165, 1.54) is 35.0 Å². The number of aromatic nitrogens is 8. The monoisotopic (exact) mass is 699 g/mol. The van der Waals surface area contributed by atoms with Crippen LogP contribution < -0.4 is 11.3 Å². The Morgan fingerprint density at radius 1 is 1.09 bits per heavy atom. The van der Waals surface area contributed by atoms with E-state index in [4.69, 9.17) is 28.6 Å². The number of alkyl halides is 1. The van der Waals surface area contributed by atoms with Gasteiger partial charge in [-0.1, -0.05) is 0 Å². The van der Waals surface area contributed by atoms with Gasteiger partial charge in [0.1, 0.15) is 36.0 Å². The second-order valence-corrected chi connectivity index (χ2v) is 14.9. The fourth-order valence-electron chi connectivity index (χ4n) is 7.17. The molecule has 2 saturated heterocycles. The molecule has 6 N–H and O–H groups in total. The van der Waals surface area contributed by atoms with Crippen molar-refractivity contribution in [2.75, 3.05) is 25.6 Å². The second-order valence-electron chi connectivity index (χ2n) is 12.1. The van der Waals surface area contributed by atoms with Crippen LogP contribution >= 0.6 is 15.6 Å². The molecule has 0 amide bonds. The molecule has 6 heterocycles. The molecule has 4 aromatic heterocycles. The fraction of sp³-hybridized carbons (Fsp3) is 0.583. The first kappa shape index (κ1) is 31.1. The molecule has 1 spiro atoms. The number of phosphoric ester groups is 2. The van der Waals surface area contributed by atoms with Crippen molar-refractivity contribution >= 4 is 43.8 Å². The Labute approximate surface area is 262 Å². The number of fused-ring (bicyclic) bond motifs is 4. The number of phosphoric acid groups is 2. The van der Waals surface area contributed by atoms with E-state index in [1.54, 1.807) is 0 Å². The van der Waals surface area contributed by atoms with Crippen LogP contribution in [-0.4, -0.2) is 98.2 Å². The van der Waals surface area contributed by atoms with Crippen LogP contribution in [0, 0.1) is 24.2 Å². The van der Waals surface area contributed by atoms with Gasteiger partial charge < -0.3 is 34.9 Å². The maximum atomic E-state index is 16.3. The molecule has 0 aromatic carbocycles. The zero-order valence-corrected chi connectivity index (χ0v) is 26.1. The van der Waals surface area contributed by atoms with Gasteiger partial charge in [0.25, 0.3) is 5.56 Å². The van der Waals surface area contributed by atoms with Crippen molar-refractivity contribution in [1.82, 2.24) is 39.0 Å². The highest BCUT2D eigenvalue weighted by molar-refractivity contribution is 7.47. The molecule has 2 aliphatic heterocycles. The van der Waals surface area contributed by atoms with Crippen LogP contribution in [-0.2, 0) is 32.0 Å². The van der Waals surface area contributed by atoms with Gasteiger partial charge >= 0.3 is 15.6 Å². The Hall–Kier alpha value is -3.23. The van der Waals surface area contributed by atoms with E-state index in [0.29, 0.717) is 0 Å². The standard InChI is InChI=1S/C24H28FN9O11P2/c1-9-31-21-15(22(36)32-9)30-8-34(21)23-17-10(3-35)12(43-23)4-41-46(37,38)45-18-13(25)16(11-2-24(11,18)5-42-47(39,40)44-17)33-7-29-14-19(26)27-6-28-20(14)33/h6-8,10-13,16-18,23,35H,2-5H2,1H3,(H,37,38)(H,39,40)(H2,26,27,28)(H,31,32,36)/t10-,11-,12-,13+,16-,17-,18+,23-,24-/m1/s1. The van der Waals surface area contributed by atoms with Gasteiger partial charge in [0.15, 0.2) is 28.9 Å². The summed E-state index contributed by atoms with van der Waals surface area (Å²) in [6, 6.07) is -1.04. The number of nitrogen functional groups attached to an aromatic ring is 1. The van der Waals surface area contributed by atoms with Gasteiger partial charge in [-0.2, -0.15) is 0 Å². The summed E-state index contributed by atoms with van der Waals surface area (Å²) in [4.78, 5) is 57.4. The lowest BCUT2D eigenvalue weighted by Crippen LogP contribution is -2.35.